The minimum Gasteiger partial charge on any atom is -0.497 e. The second-order valence-electron chi connectivity index (χ2n) is 6.72. The Morgan fingerprint density at radius 2 is 1.71 bits per heavy atom. The predicted octanol–water partition coefficient (Wildman–Crippen LogP) is 5.66. The van der Waals surface area contributed by atoms with Gasteiger partial charge in [0.25, 0.3) is 0 Å². The Morgan fingerprint density at radius 3 is 2.46 bits per heavy atom. The molecule has 0 aliphatic carbocycles. The number of hydrazone groups is 1. The van der Waals surface area contributed by atoms with Crippen molar-refractivity contribution < 1.29 is 4.74 Å². The van der Waals surface area contributed by atoms with Crippen molar-refractivity contribution in [1.82, 2.24) is 4.98 Å². The fourth-order valence-electron chi connectivity index (χ4n) is 3.54. The monoisotopic (exact) mass is 385 g/mol. The third-order valence-electron chi connectivity index (χ3n) is 4.98. The van der Waals surface area contributed by atoms with Crippen molar-refractivity contribution in [2.24, 2.45) is 5.10 Å². The molecular formula is C23H19N3OS. The molecule has 0 saturated carbocycles. The number of anilines is 1. The molecule has 4 aromatic rings. The van der Waals surface area contributed by atoms with E-state index >= 15 is 0 Å². The fraction of sp³-hybridized carbons (Fsp3) is 0.130. The third kappa shape index (κ3) is 3.04. The topological polar surface area (TPSA) is 37.7 Å². The molecular weight excluding hydrogens is 366 g/mol. The Kier molecular flexibility index (Phi) is 4.29. The largest absolute Gasteiger partial charge is 0.497 e. The van der Waals surface area contributed by atoms with Crippen LogP contribution >= 0.6 is 11.3 Å². The van der Waals surface area contributed by atoms with E-state index in [0.717, 1.165) is 38.8 Å². The van der Waals surface area contributed by atoms with Crippen LogP contribution in [0.2, 0.25) is 0 Å². The standard InChI is InChI=1S/C23H19N3OS/c1-27-18-12-13-19-22(14-18)28-23(24-19)26-21(17-10-6-3-7-11-17)15-20(25-26)16-8-4-2-5-9-16/h2-14,21H,15H2,1H3. The lowest BCUT2D eigenvalue weighted by Gasteiger charge is -2.21. The molecule has 0 N–H and O–H groups in total. The van der Waals surface area contributed by atoms with Gasteiger partial charge >= 0.3 is 0 Å². The van der Waals surface area contributed by atoms with E-state index in [9.17, 15) is 0 Å². The van der Waals surface area contributed by atoms with Gasteiger partial charge in [0.15, 0.2) is 0 Å². The molecule has 0 bridgehead atoms. The summed E-state index contributed by atoms with van der Waals surface area (Å²) in [6.07, 6.45) is 0.854. The van der Waals surface area contributed by atoms with Gasteiger partial charge in [0, 0.05) is 6.42 Å². The van der Waals surface area contributed by atoms with Crippen LogP contribution < -0.4 is 9.75 Å². The molecule has 4 nitrogen and oxygen atoms in total. The molecule has 0 radical (unpaired) electrons. The summed E-state index contributed by atoms with van der Waals surface area (Å²) in [5.74, 6) is 0.845. The van der Waals surface area contributed by atoms with Crippen molar-refractivity contribution in [1.29, 1.82) is 0 Å². The first-order chi connectivity index (χ1) is 13.8. The lowest BCUT2D eigenvalue weighted by molar-refractivity contribution is 0.415. The van der Waals surface area contributed by atoms with Crippen molar-refractivity contribution in [2.45, 2.75) is 12.5 Å². The lowest BCUT2D eigenvalue weighted by Crippen LogP contribution is -2.18. The van der Waals surface area contributed by atoms with Crippen molar-refractivity contribution in [3.8, 4) is 5.75 Å². The number of hydrogen-bond donors (Lipinski definition) is 0. The normalized spacial score (nSPS) is 16.4. The highest BCUT2D eigenvalue weighted by molar-refractivity contribution is 7.22. The Labute approximate surface area is 167 Å². The van der Waals surface area contributed by atoms with E-state index in [-0.39, 0.29) is 6.04 Å². The molecule has 1 aromatic heterocycles. The third-order valence-corrected chi connectivity index (χ3v) is 5.99. The van der Waals surface area contributed by atoms with Gasteiger partial charge in [-0.15, -0.1) is 0 Å². The van der Waals surface area contributed by atoms with Crippen LogP contribution in [0, 0.1) is 0 Å². The van der Waals surface area contributed by atoms with E-state index in [1.165, 1.54) is 5.56 Å². The first kappa shape index (κ1) is 17.0. The van der Waals surface area contributed by atoms with Gasteiger partial charge in [-0.05, 0) is 29.3 Å². The van der Waals surface area contributed by atoms with Gasteiger partial charge in [-0.2, -0.15) is 5.10 Å². The Bertz CT molecular complexity index is 1140. The van der Waals surface area contributed by atoms with Crippen molar-refractivity contribution >= 4 is 32.4 Å². The molecule has 0 amide bonds. The molecule has 28 heavy (non-hydrogen) atoms. The summed E-state index contributed by atoms with van der Waals surface area (Å²) in [5.41, 5.74) is 4.46. The summed E-state index contributed by atoms with van der Waals surface area (Å²) in [5, 5.41) is 7.97. The van der Waals surface area contributed by atoms with E-state index in [1.807, 2.05) is 30.3 Å². The highest BCUT2D eigenvalue weighted by Gasteiger charge is 2.31. The summed E-state index contributed by atoms with van der Waals surface area (Å²) in [4.78, 5) is 4.86. The second kappa shape index (κ2) is 7.09. The van der Waals surface area contributed by atoms with Crippen LogP contribution in [0.25, 0.3) is 10.2 Å². The highest BCUT2D eigenvalue weighted by Crippen LogP contribution is 2.40. The number of rotatable bonds is 4. The van der Waals surface area contributed by atoms with Gasteiger partial charge in [-0.25, -0.2) is 9.99 Å². The summed E-state index contributed by atoms with van der Waals surface area (Å²) < 4.78 is 6.46. The van der Waals surface area contributed by atoms with E-state index in [1.54, 1.807) is 18.4 Å². The Morgan fingerprint density at radius 1 is 0.964 bits per heavy atom. The zero-order chi connectivity index (χ0) is 18.9. The molecule has 0 saturated heterocycles. The summed E-state index contributed by atoms with van der Waals surface area (Å²) >= 11 is 1.65. The fourth-order valence-corrected chi connectivity index (χ4v) is 4.54. The van der Waals surface area contributed by atoms with Crippen LogP contribution in [0.15, 0.2) is 84.0 Å². The molecule has 1 atom stereocenters. The number of methoxy groups -OCH3 is 1. The number of nitrogens with zero attached hydrogens (tertiary/aromatic N) is 3. The zero-order valence-electron chi connectivity index (χ0n) is 15.4. The van der Waals surface area contributed by atoms with Crippen molar-refractivity contribution in [3.05, 3.63) is 90.0 Å². The van der Waals surface area contributed by atoms with Crippen LogP contribution in [-0.2, 0) is 0 Å². The average molecular weight is 385 g/mol. The molecule has 1 aliphatic heterocycles. The number of fused-ring (bicyclic) bond motifs is 1. The van der Waals surface area contributed by atoms with Crippen molar-refractivity contribution in [2.75, 3.05) is 12.1 Å². The van der Waals surface area contributed by atoms with Gasteiger partial charge < -0.3 is 4.74 Å². The SMILES string of the molecule is COc1ccc2nc(N3N=C(c4ccccc4)CC3c3ccccc3)sc2c1. The first-order valence-corrected chi connectivity index (χ1v) is 10.0. The number of thiazole rings is 1. The molecule has 2 heterocycles. The maximum Gasteiger partial charge on any atom is 0.207 e. The lowest BCUT2D eigenvalue weighted by atomic mass is 9.99. The van der Waals surface area contributed by atoms with Crippen LogP contribution in [0.1, 0.15) is 23.6 Å². The number of ether oxygens (including phenoxy) is 1. The quantitative estimate of drug-likeness (QED) is 0.455. The number of benzene rings is 3. The van der Waals surface area contributed by atoms with Gasteiger partial charge in [0.1, 0.15) is 5.75 Å². The number of aromatic nitrogens is 1. The number of hydrogen-bond acceptors (Lipinski definition) is 5. The maximum absolute atomic E-state index is 5.36. The molecule has 1 aliphatic rings. The summed E-state index contributed by atoms with van der Waals surface area (Å²) in [6.45, 7) is 0. The van der Waals surface area contributed by atoms with Gasteiger partial charge in [-0.1, -0.05) is 72.0 Å². The van der Waals surface area contributed by atoms with Gasteiger partial charge in [0.05, 0.1) is 29.1 Å². The minimum absolute atomic E-state index is 0.138. The average Bonchev–Trinajstić information content (AvgIpc) is 3.39. The van der Waals surface area contributed by atoms with Gasteiger partial charge in [0.2, 0.25) is 5.13 Å². The van der Waals surface area contributed by atoms with Gasteiger partial charge in [-0.3, -0.25) is 0 Å². The van der Waals surface area contributed by atoms with E-state index in [2.05, 4.69) is 53.5 Å². The van der Waals surface area contributed by atoms with Crippen LogP contribution in [0.4, 0.5) is 5.13 Å². The first-order valence-electron chi connectivity index (χ1n) is 9.23. The van der Waals surface area contributed by atoms with E-state index < -0.39 is 0 Å². The Hall–Kier alpha value is -3.18. The van der Waals surface area contributed by atoms with Crippen LogP contribution in [-0.4, -0.2) is 17.8 Å². The summed E-state index contributed by atoms with van der Waals surface area (Å²) in [6, 6.07) is 27.0. The predicted molar refractivity (Wildman–Crippen MR) is 115 cm³/mol. The van der Waals surface area contributed by atoms with Crippen molar-refractivity contribution in [3.63, 3.8) is 0 Å². The molecule has 0 spiro atoms. The zero-order valence-corrected chi connectivity index (χ0v) is 16.3. The Balaban J connectivity index is 1.59. The molecule has 3 aromatic carbocycles. The minimum atomic E-state index is 0.138. The van der Waals surface area contributed by atoms with Crippen LogP contribution in [0.3, 0.4) is 0 Å². The maximum atomic E-state index is 5.36. The molecule has 5 heteroatoms. The molecule has 138 valence electrons. The highest BCUT2D eigenvalue weighted by atomic mass is 32.1. The molecule has 5 rings (SSSR count). The van der Waals surface area contributed by atoms with E-state index in [0.29, 0.717) is 0 Å². The van der Waals surface area contributed by atoms with Crippen LogP contribution in [0.5, 0.6) is 5.75 Å². The van der Waals surface area contributed by atoms with E-state index in [4.69, 9.17) is 14.8 Å². The molecule has 0 fully saturated rings. The smallest absolute Gasteiger partial charge is 0.207 e. The summed E-state index contributed by atoms with van der Waals surface area (Å²) in [7, 11) is 1.69. The molecule has 1 unspecified atom stereocenters. The second-order valence-corrected chi connectivity index (χ2v) is 7.73.